The molecular formula is C22H23BrN2O3S. The van der Waals surface area contributed by atoms with Crippen LogP contribution in [0.25, 0.3) is 0 Å². The highest BCUT2D eigenvalue weighted by Gasteiger charge is 2.45. The van der Waals surface area contributed by atoms with E-state index < -0.39 is 6.04 Å². The van der Waals surface area contributed by atoms with Crippen LogP contribution in [0.4, 0.5) is 5.69 Å². The standard InChI is InChI=1S/C22H23BrN2O3S/c23-16-8-10-17(11-9-16)25-20(26)13-19(22(25)28)24(14-18-7-4-12-29-18)21(27)15-5-2-1-3-6-15/h4,7-12,15,19H,1-3,5-6,13-14H2. The number of thiophene rings is 1. The van der Waals surface area contributed by atoms with Crippen molar-refractivity contribution in [3.05, 3.63) is 51.1 Å². The molecular weight excluding hydrogens is 452 g/mol. The lowest BCUT2D eigenvalue weighted by atomic mass is 9.88. The van der Waals surface area contributed by atoms with Gasteiger partial charge in [0, 0.05) is 15.3 Å². The summed E-state index contributed by atoms with van der Waals surface area (Å²) < 4.78 is 0.878. The molecule has 7 heteroatoms. The van der Waals surface area contributed by atoms with Crippen LogP contribution in [0.3, 0.4) is 0 Å². The Labute approximate surface area is 182 Å². The van der Waals surface area contributed by atoms with E-state index in [4.69, 9.17) is 0 Å². The molecule has 3 amide bonds. The zero-order valence-corrected chi connectivity index (χ0v) is 18.5. The summed E-state index contributed by atoms with van der Waals surface area (Å²) in [6.45, 7) is 0.380. The third-order valence-corrected chi connectivity index (χ3v) is 7.12. The van der Waals surface area contributed by atoms with E-state index in [2.05, 4.69) is 15.9 Å². The van der Waals surface area contributed by atoms with Gasteiger partial charge in [-0.25, -0.2) is 4.90 Å². The van der Waals surface area contributed by atoms with Gasteiger partial charge in [0.2, 0.25) is 11.8 Å². The zero-order chi connectivity index (χ0) is 20.4. The lowest BCUT2D eigenvalue weighted by molar-refractivity contribution is -0.143. The Morgan fingerprint density at radius 3 is 2.48 bits per heavy atom. The Morgan fingerprint density at radius 1 is 1.10 bits per heavy atom. The molecule has 5 nitrogen and oxygen atoms in total. The van der Waals surface area contributed by atoms with Gasteiger partial charge in [0.15, 0.2) is 0 Å². The van der Waals surface area contributed by atoms with Crippen molar-refractivity contribution in [2.24, 2.45) is 5.92 Å². The van der Waals surface area contributed by atoms with E-state index in [0.29, 0.717) is 12.2 Å². The predicted molar refractivity (Wildman–Crippen MR) is 116 cm³/mol. The van der Waals surface area contributed by atoms with Gasteiger partial charge in [-0.15, -0.1) is 11.3 Å². The molecule has 1 saturated heterocycles. The number of imide groups is 1. The summed E-state index contributed by atoms with van der Waals surface area (Å²) in [5.41, 5.74) is 0.548. The number of hydrogen-bond acceptors (Lipinski definition) is 4. The number of carbonyl (C=O) groups is 3. The van der Waals surface area contributed by atoms with Crippen LogP contribution >= 0.6 is 27.3 Å². The summed E-state index contributed by atoms with van der Waals surface area (Å²) in [7, 11) is 0. The van der Waals surface area contributed by atoms with Gasteiger partial charge in [0.05, 0.1) is 18.7 Å². The molecule has 0 radical (unpaired) electrons. The van der Waals surface area contributed by atoms with Crippen molar-refractivity contribution >= 4 is 50.7 Å². The third-order valence-electron chi connectivity index (χ3n) is 5.73. The molecule has 1 saturated carbocycles. The molecule has 0 N–H and O–H groups in total. The topological polar surface area (TPSA) is 57.7 Å². The molecule has 2 aromatic rings. The summed E-state index contributed by atoms with van der Waals surface area (Å²) in [6, 6.07) is 10.3. The average Bonchev–Trinajstić information content (AvgIpc) is 3.35. The van der Waals surface area contributed by atoms with Crippen LogP contribution in [-0.4, -0.2) is 28.7 Å². The number of anilines is 1. The Morgan fingerprint density at radius 2 is 1.83 bits per heavy atom. The number of amides is 3. The zero-order valence-electron chi connectivity index (χ0n) is 16.1. The van der Waals surface area contributed by atoms with E-state index in [1.807, 2.05) is 17.5 Å². The van der Waals surface area contributed by atoms with Crippen LogP contribution in [0.2, 0.25) is 0 Å². The monoisotopic (exact) mass is 474 g/mol. The second-order valence-corrected chi connectivity index (χ2v) is 9.59. The molecule has 29 heavy (non-hydrogen) atoms. The minimum absolute atomic E-state index is 0.0157. The SMILES string of the molecule is O=C1CC(N(Cc2cccs2)C(=O)C2CCCCC2)C(=O)N1c1ccc(Br)cc1. The lowest BCUT2D eigenvalue weighted by Crippen LogP contribution is -2.47. The van der Waals surface area contributed by atoms with Gasteiger partial charge >= 0.3 is 0 Å². The molecule has 1 aliphatic carbocycles. The van der Waals surface area contributed by atoms with Crippen molar-refractivity contribution in [1.29, 1.82) is 0 Å². The van der Waals surface area contributed by atoms with Crippen LogP contribution in [0.15, 0.2) is 46.3 Å². The highest BCUT2D eigenvalue weighted by molar-refractivity contribution is 9.10. The van der Waals surface area contributed by atoms with E-state index in [9.17, 15) is 14.4 Å². The summed E-state index contributed by atoms with van der Waals surface area (Å²) >= 11 is 4.94. The quantitative estimate of drug-likeness (QED) is 0.587. The lowest BCUT2D eigenvalue weighted by Gasteiger charge is -2.32. The highest BCUT2D eigenvalue weighted by Crippen LogP contribution is 2.32. The molecule has 1 atom stereocenters. The van der Waals surface area contributed by atoms with Crippen LogP contribution in [0.1, 0.15) is 43.4 Å². The first-order valence-corrected chi connectivity index (χ1v) is 11.7. The van der Waals surface area contributed by atoms with E-state index in [0.717, 1.165) is 41.5 Å². The van der Waals surface area contributed by atoms with Crippen LogP contribution in [0, 0.1) is 5.92 Å². The van der Waals surface area contributed by atoms with Crippen molar-refractivity contribution in [1.82, 2.24) is 4.90 Å². The van der Waals surface area contributed by atoms with Gasteiger partial charge in [0.25, 0.3) is 5.91 Å². The van der Waals surface area contributed by atoms with Gasteiger partial charge in [-0.1, -0.05) is 41.3 Å². The average molecular weight is 475 g/mol. The molecule has 152 valence electrons. The van der Waals surface area contributed by atoms with E-state index in [-0.39, 0.29) is 30.1 Å². The first kappa shape index (κ1) is 20.3. The minimum Gasteiger partial charge on any atom is -0.325 e. The first-order chi connectivity index (χ1) is 14.0. The Hall–Kier alpha value is -1.99. The molecule has 0 spiro atoms. The second-order valence-electron chi connectivity index (χ2n) is 7.64. The fourth-order valence-electron chi connectivity index (χ4n) is 4.22. The van der Waals surface area contributed by atoms with Crippen molar-refractivity contribution in [2.45, 2.75) is 51.1 Å². The molecule has 4 rings (SSSR count). The molecule has 0 bridgehead atoms. The molecule has 2 aliphatic rings. The number of rotatable bonds is 5. The van der Waals surface area contributed by atoms with E-state index >= 15 is 0 Å². The number of halogens is 1. The summed E-state index contributed by atoms with van der Waals surface area (Å²) in [5.74, 6) is -0.594. The minimum atomic E-state index is -0.734. The summed E-state index contributed by atoms with van der Waals surface area (Å²) in [6.07, 6.45) is 5.03. The van der Waals surface area contributed by atoms with Crippen molar-refractivity contribution < 1.29 is 14.4 Å². The molecule has 2 heterocycles. The molecule has 1 unspecified atom stereocenters. The smallest absolute Gasteiger partial charge is 0.257 e. The van der Waals surface area contributed by atoms with E-state index in [1.54, 1.807) is 40.5 Å². The third kappa shape index (κ3) is 4.31. The van der Waals surface area contributed by atoms with Gasteiger partial charge in [-0.2, -0.15) is 0 Å². The first-order valence-electron chi connectivity index (χ1n) is 10.00. The fraction of sp³-hybridized carbons (Fsp3) is 0.409. The number of carbonyl (C=O) groups excluding carboxylic acids is 3. The normalized spacial score (nSPS) is 20.3. The Kier molecular flexibility index (Phi) is 6.15. The van der Waals surface area contributed by atoms with Crippen LogP contribution in [0.5, 0.6) is 0 Å². The highest BCUT2D eigenvalue weighted by atomic mass is 79.9. The van der Waals surface area contributed by atoms with Gasteiger partial charge in [-0.05, 0) is 48.6 Å². The largest absolute Gasteiger partial charge is 0.325 e. The van der Waals surface area contributed by atoms with Crippen LogP contribution < -0.4 is 4.90 Å². The maximum Gasteiger partial charge on any atom is 0.257 e. The van der Waals surface area contributed by atoms with Crippen molar-refractivity contribution in [3.8, 4) is 0 Å². The van der Waals surface area contributed by atoms with Gasteiger partial charge in [0.1, 0.15) is 6.04 Å². The van der Waals surface area contributed by atoms with Crippen LogP contribution in [-0.2, 0) is 20.9 Å². The van der Waals surface area contributed by atoms with Gasteiger partial charge in [-0.3, -0.25) is 14.4 Å². The second kappa shape index (κ2) is 8.79. The molecule has 1 aromatic heterocycles. The predicted octanol–water partition coefficient (Wildman–Crippen LogP) is 4.75. The van der Waals surface area contributed by atoms with Gasteiger partial charge < -0.3 is 4.90 Å². The number of benzene rings is 1. The number of hydrogen-bond donors (Lipinski definition) is 0. The number of nitrogens with zero attached hydrogens (tertiary/aromatic N) is 2. The Balaban J connectivity index is 1.61. The van der Waals surface area contributed by atoms with Crippen molar-refractivity contribution in [3.63, 3.8) is 0 Å². The van der Waals surface area contributed by atoms with Crippen molar-refractivity contribution in [2.75, 3.05) is 4.90 Å². The maximum absolute atomic E-state index is 13.4. The fourth-order valence-corrected chi connectivity index (χ4v) is 5.18. The summed E-state index contributed by atoms with van der Waals surface area (Å²) in [5, 5.41) is 1.97. The molecule has 2 fully saturated rings. The molecule has 1 aromatic carbocycles. The summed E-state index contributed by atoms with van der Waals surface area (Å²) in [4.78, 5) is 43.3. The Bertz CT molecular complexity index is 891. The maximum atomic E-state index is 13.4. The molecule has 1 aliphatic heterocycles. The van der Waals surface area contributed by atoms with E-state index in [1.165, 1.54) is 4.90 Å².